The first-order valence-corrected chi connectivity index (χ1v) is 10.4. The van der Waals surface area contributed by atoms with Crippen molar-refractivity contribution < 1.29 is 0 Å². The highest BCUT2D eigenvalue weighted by Crippen LogP contribution is 2.39. The number of aryl methyl sites for hydroxylation is 1. The molecular formula is C19H20ClN5OS. The molecule has 0 atom stereocenters. The Labute approximate surface area is 165 Å². The molecule has 27 heavy (non-hydrogen) atoms. The number of piperazine rings is 1. The van der Waals surface area contributed by atoms with E-state index >= 15 is 0 Å². The fourth-order valence-electron chi connectivity index (χ4n) is 3.53. The quantitative estimate of drug-likeness (QED) is 0.727. The summed E-state index contributed by atoms with van der Waals surface area (Å²) in [5.41, 5.74) is 2.92. The van der Waals surface area contributed by atoms with Crippen LogP contribution in [0.1, 0.15) is 30.0 Å². The fourth-order valence-corrected chi connectivity index (χ4v) is 4.76. The number of thiazole rings is 1. The van der Waals surface area contributed by atoms with Gasteiger partial charge in [0.1, 0.15) is 0 Å². The molecule has 2 aliphatic rings. The first-order chi connectivity index (χ1) is 13.1. The maximum Gasteiger partial charge on any atom is 0.252 e. The molecule has 2 fully saturated rings. The van der Waals surface area contributed by atoms with Crippen molar-refractivity contribution in [1.29, 1.82) is 0 Å². The summed E-state index contributed by atoms with van der Waals surface area (Å²) in [6.45, 7) is 5.34. The summed E-state index contributed by atoms with van der Waals surface area (Å²) in [5, 5.41) is 1.79. The third kappa shape index (κ3) is 3.19. The second-order valence-electron chi connectivity index (χ2n) is 7.26. The van der Waals surface area contributed by atoms with Crippen LogP contribution >= 0.6 is 22.9 Å². The third-order valence-corrected chi connectivity index (χ3v) is 6.82. The van der Waals surface area contributed by atoms with E-state index in [9.17, 15) is 4.79 Å². The number of fused-ring (bicyclic) bond motifs is 1. The van der Waals surface area contributed by atoms with E-state index in [1.807, 2.05) is 19.1 Å². The van der Waals surface area contributed by atoms with E-state index < -0.39 is 0 Å². The fraction of sp³-hybridized carbons (Fsp3) is 0.421. The van der Waals surface area contributed by atoms with Crippen LogP contribution in [0.15, 0.2) is 23.0 Å². The summed E-state index contributed by atoms with van der Waals surface area (Å²) in [6, 6.07) is 5.63. The van der Waals surface area contributed by atoms with Gasteiger partial charge in [0, 0.05) is 43.2 Å². The monoisotopic (exact) mass is 401 g/mol. The van der Waals surface area contributed by atoms with Gasteiger partial charge >= 0.3 is 0 Å². The van der Waals surface area contributed by atoms with Gasteiger partial charge in [0.2, 0.25) is 5.95 Å². The SMILES string of the molecule is Cc1c(Cl)ccc2sc(N3CCN(c4nc(C5CC5)cc(=O)[nH]4)CC3)nc12. The zero-order chi connectivity index (χ0) is 18.5. The van der Waals surface area contributed by atoms with Gasteiger partial charge in [-0.15, -0.1) is 0 Å². The number of rotatable bonds is 3. The molecule has 2 aromatic heterocycles. The molecule has 0 radical (unpaired) electrons. The van der Waals surface area contributed by atoms with E-state index in [-0.39, 0.29) is 5.56 Å². The lowest BCUT2D eigenvalue weighted by atomic mass is 10.2. The number of anilines is 2. The average molecular weight is 402 g/mol. The molecule has 1 saturated carbocycles. The number of aromatic amines is 1. The topological polar surface area (TPSA) is 65.1 Å². The van der Waals surface area contributed by atoms with Gasteiger partial charge in [-0.05, 0) is 37.5 Å². The van der Waals surface area contributed by atoms with Crippen molar-refractivity contribution in [1.82, 2.24) is 15.0 Å². The smallest absolute Gasteiger partial charge is 0.252 e. The van der Waals surface area contributed by atoms with E-state index in [1.165, 1.54) is 0 Å². The number of H-pyrrole nitrogens is 1. The van der Waals surface area contributed by atoms with E-state index in [0.29, 0.717) is 11.9 Å². The van der Waals surface area contributed by atoms with Crippen molar-refractivity contribution in [2.45, 2.75) is 25.7 Å². The van der Waals surface area contributed by atoms with Crippen LogP contribution in [0.5, 0.6) is 0 Å². The number of aromatic nitrogens is 3. The molecule has 0 spiro atoms. The molecule has 8 heteroatoms. The minimum atomic E-state index is -0.0529. The van der Waals surface area contributed by atoms with Crippen molar-refractivity contribution in [3.05, 3.63) is 44.8 Å². The molecule has 3 heterocycles. The number of benzene rings is 1. The Morgan fingerprint density at radius 2 is 1.89 bits per heavy atom. The molecule has 1 aliphatic heterocycles. The van der Waals surface area contributed by atoms with Crippen LogP contribution in [0.4, 0.5) is 11.1 Å². The predicted molar refractivity (Wildman–Crippen MR) is 111 cm³/mol. The molecule has 5 rings (SSSR count). The Kier molecular flexibility index (Phi) is 4.09. The lowest BCUT2D eigenvalue weighted by Gasteiger charge is -2.34. The van der Waals surface area contributed by atoms with Crippen LogP contribution < -0.4 is 15.4 Å². The number of hydrogen-bond donors (Lipinski definition) is 1. The maximum atomic E-state index is 12.0. The van der Waals surface area contributed by atoms with Gasteiger partial charge in [0.15, 0.2) is 5.13 Å². The summed E-state index contributed by atoms with van der Waals surface area (Å²) in [4.78, 5) is 28.9. The van der Waals surface area contributed by atoms with Gasteiger partial charge in [-0.2, -0.15) is 0 Å². The minimum absolute atomic E-state index is 0.0529. The highest BCUT2D eigenvalue weighted by molar-refractivity contribution is 7.22. The summed E-state index contributed by atoms with van der Waals surface area (Å²) in [7, 11) is 0. The van der Waals surface area contributed by atoms with Crippen molar-refractivity contribution in [2.24, 2.45) is 0 Å². The van der Waals surface area contributed by atoms with Crippen molar-refractivity contribution >= 4 is 44.2 Å². The predicted octanol–water partition coefficient (Wildman–Crippen LogP) is 3.55. The van der Waals surface area contributed by atoms with Gasteiger partial charge in [0.25, 0.3) is 5.56 Å². The summed E-state index contributed by atoms with van der Waals surface area (Å²) < 4.78 is 1.16. The second-order valence-corrected chi connectivity index (χ2v) is 8.67. The van der Waals surface area contributed by atoms with Crippen LogP contribution in [0, 0.1) is 6.92 Å². The van der Waals surface area contributed by atoms with Crippen molar-refractivity contribution in [3.8, 4) is 0 Å². The number of hydrogen-bond acceptors (Lipinski definition) is 6. The van der Waals surface area contributed by atoms with Crippen LogP contribution in [0.3, 0.4) is 0 Å². The van der Waals surface area contributed by atoms with E-state index in [1.54, 1.807) is 17.4 Å². The summed E-state index contributed by atoms with van der Waals surface area (Å²) >= 11 is 7.94. The molecule has 1 N–H and O–H groups in total. The van der Waals surface area contributed by atoms with E-state index in [2.05, 4.69) is 14.8 Å². The van der Waals surface area contributed by atoms with Gasteiger partial charge in [0.05, 0.1) is 15.9 Å². The lowest BCUT2D eigenvalue weighted by Crippen LogP contribution is -2.47. The maximum absolute atomic E-state index is 12.0. The van der Waals surface area contributed by atoms with Crippen molar-refractivity contribution in [3.63, 3.8) is 0 Å². The molecule has 0 bridgehead atoms. The van der Waals surface area contributed by atoms with Crippen LogP contribution in [0.25, 0.3) is 10.2 Å². The highest BCUT2D eigenvalue weighted by atomic mass is 35.5. The second kappa shape index (κ2) is 6.49. The van der Waals surface area contributed by atoms with Gasteiger partial charge in [-0.1, -0.05) is 22.9 Å². The molecule has 1 aromatic carbocycles. The standard InChI is InChI=1S/C19H20ClN5OS/c1-11-13(20)4-5-15-17(11)23-19(27-15)25-8-6-24(7-9-25)18-21-14(12-2-3-12)10-16(26)22-18/h4-5,10,12H,2-3,6-9H2,1H3,(H,21,22,26). The molecule has 140 valence electrons. The van der Waals surface area contributed by atoms with E-state index in [0.717, 1.165) is 70.6 Å². The van der Waals surface area contributed by atoms with Gasteiger partial charge in [-0.3, -0.25) is 9.78 Å². The Bertz CT molecular complexity index is 1070. The zero-order valence-corrected chi connectivity index (χ0v) is 16.6. The van der Waals surface area contributed by atoms with Gasteiger partial charge in [-0.25, -0.2) is 9.97 Å². The molecule has 0 amide bonds. The highest BCUT2D eigenvalue weighted by Gasteiger charge is 2.27. The minimum Gasteiger partial charge on any atom is -0.345 e. The normalized spacial score (nSPS) is 17.7. The Hall–Kier alpha value is -2.12. The molecular weight excluding hydrogens is 382 g/mol. The average Bonchev–Trinajstić information content (AvgIpc) is 3.44. The lowest BCUT2D eigenvalue weighted by molar-refractivity contribution is 0.636. The summed E-state index contributed by atoms with van der Waals surface area (Å²) in [5.74, 6) is 1.18. The number of nitrogens with one attached hydrogen (secondary N) is 1. The zero-order valence-electron chi connectivity index (χ0n) is 15.0. The van der Waals surface area contributed by atoms with Gasteiger partial charge < -0.3 is 9.80 Å². The van der Waals surface area contributed by atoms with Crippen LogP contribution in [0.2, 0.25) is 5.02 Å². The molecule has 6 nitrogen and oxygen atoms in total. The molecule has 1 saturated heterocycles. The van der Waals surface area contributed by atoms with Crippen molar-refractivity contribution in [2.75, 3.05) is 36.0 Å². The largest absolute Gasteiger partial charge is 0.345 e. The first kappa shape index (κ1) is 17.0. The Balaban J connectivity index is 1.34. The molecule has 1 aliphatic carbocycles. The molecule has 0 unspecified atom stereocenters. The molecule has 3 aromatic rings. The number of halogens is 1. The Morgan fingerprint density at radius 1 is 1.15 bits per heavy atom. The van der Waals surface area contributed by atoms with Crippen LogP contribution in [-0.4, -0.2) is 41.1 Å². The first-order valence-electron chi connectivity index (χ1n) is 9.25. The number of nitrogens with zero attached hydrogens (tertiary/aromatic N) is 4. The Morgan fingerprint density at radius 3 is 2.63 bits per heavy atom. The van der Waals surface area contributed by atoms with E-state index in [4.69, 9.17) is 21.6 Å². The van der Waals surface area contributed by atoms with Crippen LogP contribution in [-0.2, 0) is 0 Å². The third-order valence-electron chi connectivity index (χ3n) is 5.33. The summed E-state index contributed by atoms with van der Waals surface area (Å²) in [6.07, 6.45) is 2.29.